The van der Waals surface area contributed by atoms with Crippen LogP contribution in [0.5, 0.6) is 0 Å². The highest BCUT2D eigenvalue weighted by Gasteiger charge is 2.43. The molecule has 0 unspecified atom stereocenters. The van der Waals surface area contributed by atoms with E-state index in [9.17, 15) is 14.7 Å². The highest BCUT2D eigenvalue weighted by atomic mass is 16.4. The largest absolute Gasteiger partial charge is 0.481 e. The maximum absolute atomic E-state index is 13.0. The second-order valence-corrected chi connectivity index (χ2v) is 9.83. The topological polar surface area (TPSA) is 125 Å². The van der Waals surface area contributed by atoms with E-state index >= 15 is 0 Å². The zero-order valence-corrected chi connectivity index (χ0v) is 20.9. The van der Waals surface area contributed by atoms with Gasteiger partial charge in [-0.3, -0.25) is 9.59 Å². The number of benzene rings is 2. The van der Waals surface area contributed by atoms with Crippen molar-refractivity contribution >= 4 is 22.8 Å². The molecule has 9 heteroatoms. The lowest BCUT2D eigenvalue weighted by Crippen LogP contribution is -2.43. The Kier molecular flexibility index (Phi) is 6.94. The molecule has 1 amide bonds. The number of carbonyl (C=O) groups is 2. The smallest absolute Gasteiger partial charge is 0.311 e. The number of aromatic nitrogens is 5. The van der Waals surface area contributed by atoms with Gasteiger partial charge in [0.25, 0.3) is 0 Å². The van der Waals surface area contributed by atoms with Gasteiger partial charge in [0.05, 0.1) is 16.6 Å². The average Bonchev–Trinajstić information content (AvgIpc) is 3.62. The maximum Gasteiger partial charge on any atom is 0.311 e. The van der Waals surface area contributed by atoms with Crippen molar-refractivity contribution in [1.29, 1.82) is 0 Å². The summed E-state index contributed by atoms with van der Waals surface area (Å²) in [6, 6.07) is 17.8. The van der Waals surface area contributed by atoms with Gasteiger partial charge in [-0.1, -0.05) is 56.2 Å². The van der Waals surface area contributed by atoms with Crippen LogP contribution in [0.4, 0.5) is 0 Å². The first-order valence-corrected chi connectivity index (χ1v) is 12.7. The van der Waals surface area contributed by atoms with Crippen molar-refractivity contribution in [2.45, 2.75) is 52.0 Å². The SMILES string of the molecule is CCCC(=O)N(Cc1ccc2nc(-c3ccc(-c4nn[nH]n4)cc3)ccc2c1)CC1(C(=O)O)CCCC1. The van der Waals surface area contributed by atoms with Gasteiger partial charge in [0, 0.05) is 36.0 Å². The lowest BCUT2D eigenvalue weighted by atomic mass is 9.85. The molecule has 2 aromatic heterocycles. The molecule has 2 N–H and O–H groups in total. The van der Waals surface area contributed by atoms with Gasteiger partial charge in [0.15, 0.2) is 0 Å². The van der Waals surface area contributed by atoms with E-state index in [1.807, 2.05) is 61.5 Å². The minimum Gasteiger partial charge on any atom is -0.481 e. The molecule has 2 heterocycles. The van der Waals surface area contributed by atoms with Crippen LogP contribution in [-0.2, 0) is 16.1 Å². The molecule has 0 saturated heterocycles. The third kappa shape index (κ3) is 5.21. The van der Waals surface area contributed by atoms with E-state index in [4.69, 9.17) is 4.98 Å². The van der Waals surface area contributed by atoms with Crippen LogP contribution in [0.15, 0.2) is 54.6 Å². The average molecular weight is 499 g/mol. The Morgan fingerprint density at radius 3 is 2.46 bits per heavy atom. The summed E-state index contributed by atoms with van der Waals surface area (Å²) in [5.41, 5.74) is 3.68. The molecule has 1 saturated carbocycles. The Bertz CT molecular complexity index is 1400. The molecule has 1 aliphatic carbocycles. The number of H-pyrrole nitrogens is 1. The predicted octanol–water partition coefficient (Wildman–Crippen LogP) is 4.86. The molecule has 0 atom stereocenters. The van der Waals surface area contributed by atoms with Crippen LogP contribution >= 0.6 is 0 Å². The van der Waals surface area contributed by atoms with E-state index in [1.54, 1.807) is 4.90 Å². The first-order valence-electron chi connectivity index (χ1n) is 12.7. The number of rotatable bonds is 9. The van der Waals surface area contributed by atoms with Crippen LogP contribution in [0.1, 0.15) is 51.0 Å². The number of carbonyl (C=O) groups excluding carboxylic acids is 1. The molecule has 9 nitrogen and oxygen atoms in total. The van der Waals surface area contributed by atoms with Gasteiger partial charge in [-0.15, -0.1) is 10.2 Å². The number of tetrazole rings is 1. The van der Waals surface area contributed by atoms with E-state index in [0.29, 0.717) is 31.6 Å². The van der Waals surface area contributed by atoms with E-state index in [2.05, 4.69) is 20.6 Å². The lowest BCUT2D eigenvalue weighted by Gasteiger charge is -2.32. The van der Waals surface area contributed by atoms with Crippen molar-refractivity contribution in [3.8, 4) is 22.6 Å². The van der Waals surface area contributed by atoms with Crippen molar-refractivity contribution < 1.29 is 14.7 Å². The zero-order chi connectivity index (χ0) is 25.8. The minimum atomic E-state index is -0.837. The van der Waals surface area contributed by atoms with Crippen LogP contribution in [0.3, 0.4) is 0 Å². The fourth-order valence-corrected chi connectivity index (χ4v) is 5.19. The van der Waals surface area contributed by atoms with Crippen LogP contribution in [0.25, 0.3) is 33.5 Å². The number of fused-ring (bicyclic) bond motifs is 1. The zero-order valence-electron chi connectivity index (χ0n) is 20.9. The van der Waals surface area contributed by atoms with Gasteiger partial charge in [0.2, 0.25) is 11.7 Å². The van der Waals surface area contributed by atoms with Crippen molar-refractivity contribution in [3.05, 3.63) is 60.2 Å². The van der Waals surface area contributed by atoms with E-state index in [-0.39, 0.29) is 12.5 Å². The van der Waals surface area contributed by atoms with E-state index in [0.717, 1.165) is 52.5 Å². The Morgan fingerprint density at radius 2 is 1.78 bits per heavy atom. The van der Waals surface area contributed by atoms with Crippen molar-refractivity contribution in [1.82, 2.24) is 30.5 Å². The molecule has 2 aromatic carbocycles. The maximum atomic E-state index is 13.0. The van der Waals surface area contributed by atoms with Gasteiger partial charge in [-0.2, -0.15) is 5.21 Å². The molecule has 0 bridgehead atoms. The first kappa shape index (κ1) is 24.5. The van der Waals surface area contributed by atoms with Crippen LogP contribution < -0.4 is 0 Å². The molecule has 1 fully saturated rings. The molecular formula is C28H30N6O3. The third-order valence-electron chi connectivity index (χ3n) is 7.24. The standard InChI is InChI=1S/C28H30N6O3/c1-2-5-25(35)34(18-28(27(36)37)14-3-4-15-28)17-19-6-12-24-22(16-19)11-13-23(29-24)20-7-9-21(10-8-20)26-30-32-33-31-26/h6-13,16H,2-5,14-15,17-18H2,1H3,(H,36,37)(H,30,31,32,33). The van der Waals surface area contributed by atoms with Crippen LogP contribution in [-0.4, -0.2) is 54.0 Å². The summed E-state index contributed by atoms with van der Waals surface area (Å²) >= 11 is 0. The number of aliphatic carboxylic acids is 1. The summed E-state index contributed by atoms with van der Waals surface area (Å²) in [4.78, 5) is 31.7. The summed E-state index contributed by atoms with van der Waals surface area (Å²) in [5, 5.41) is 25.0. The highest BCUT2D eigenvalue weighted by Crippen LogP contribution is 2.39. The third-order valence-corrected chi connectivity index (χ3v) is 7.24. The molecule has 0 spiro atoms. The van der Waals surface area contributed by atoms with Crippen LogP contribution in [0, 0.1) is 5.41 Å². The Morgan fingerprint density at radius 1 is 1.03 bits per heavy atom. The normalized spacial score (nSPS) is 14.6. The second kappa shape index (κ2) is 10.5. The number of amides is 1. The second-order valence-electron chi connectivity index (χ2n) is 9.83. The highest BCUT2D eigenvalue weighted by molar-refractivity contribution is 5.83. The Hall–Kier alpha value is -4.14. The number of nitrogens with zero attached hydrogens (tertiary/aromatic N) is 5. The summed E-state index contributed by atoms with van der Waals surface area (Å²) in [6.07, 6.45) is 4.19. The number of pyridine rings is 1. The molecule has 190 valence electrons. The minimum absolute atomic E-state index is 0.00728. The lowest BCUT2D eigenvalue weighted by molar-refractivity contribution is -0.151. The Balaban J connectivity index is 1.37. The molecular weight excluding hydrogens is 468 g/mol. The molecule has 0 radical (unpaired) electrons. The van der Waals surface area contributed by atoms with Gasteiger partial charge in [0.1, 0.15) is 0 Å². The predicted molar refractivity (Wildman–Crippen MR) is 139 cm³/mol. The number of carboxylic acid groups (broad SMARTS) is 1. The first-order chi connectivity index (χ1) is 18.0. The van der Waals surface area contributed by atoms with Crippen molar-refractivity contribution in [3.63, 3.8) is 0 Å². The summed E-state index contributed by atoms with van der Waals surface area (Å²) in [5.74, 6) is -0.244. The summed E-state index contributed by atoms with van der Waals surface area (Å²) < 4.78 is 0. The van der Waals surface area contributed by atoms with Gasteiger partial charge in [-0.25, -0.2) is 4.98 Å². The van der Waals surface area contributed by atoms with Gasteiger partial charge >= 0.3 is 5.97 Å². The van der Waals surface area contributed by atoms with E-state index < -0.39 is 11.4 Å². The number of hydrogen-bond donors (Lipinski definition) is 2. The quantitative estimate of drug-likeness (QED) is 0.338. The van der Waals surface area contributed by atoms with E-state index in [1.165, 1.54) is 0 Å². The van der Waals surface area contributed by atoms with Gasteiger partial charge < -0.3 is 10.0 Å². The molecule has 1 aliphatic rings. The molecule has 0 aliphatic heterocycles. The fourth-order valence-electron chi connectivity index (χ4n) is 5.19. The Labute approximate surface area is 214 Å². The molecule has 4 aromatic rings. The van der Waals surface area contributed by atoms with Gasteiger partial charge in [-0.05, 0) is 48.2 Å². The number of carboxylic acids is 1. The molecule has 5 rings (SSSR count). The molecule has 37 heavy (non-hydrogen) atoms. The van der Waals surface area contributed by atoms with Crippen LogP contribution in [0.2, 0.25) is 0 Å². The fraction of sp³-hybridized carbons (Fsp3) is 0.357. The monoisotopic (exact) mass is 498 g/mol. The number of aromatic amines is 1. The summed E-state index contributed by atoms with van der Waals surface area (Å²) in [7, 11) is 0. The summed E-state index contributed by atoms with van der Waals surface area (Å²) in [6.45, 7) is 2.62. The number of nitrogens with one attached hydrogen (secondary N) is 1. The number of hydrogen-bond acceptors (Lipinski definition) is 6. The van der Waals surface area contributed by atoms with Crippen molar-refractivity contribution in [2.75, 3.05) is 6.54 Å². The van der Waals surface area contributed by atoms with Crippen molar-refractivity contribution in [2.24, 2.45) is 5.41 Å².